The molecule has 0 heterocycles. The molecule has 1 aromatic rings. The first-order chi connectivity index (χ1) is 5.93. The van der Waals surface area contributed by atoms with Gasteiger partial charge in [-0.25, -0.2) is 0 Å². The zero-order chi connectivity index (χ0) is 10.1. The first kappa shape index (κ1) is 10.1. The summed E-state index contributed by atoms with van der Waals surface area (Å²) in [5, 5.41) is 10.7. The summed E-state index contributed by atoms with van der Waals surface area (Å²) in [6.07, 6.45) is 0. The lowest BCUT2D eigenvalue weighted by atomic mass is 10.2. The summed E-state index contributed by atoms with van der Waals surface area (Å²) in [4.78, 5) is 0. The minimum absolute atomic E-state index is 0.343. The number of hydrogen-bond acceptors (Lipinski definition) is 1. The second kappa shape index (κ2) is 3.38. The lowest BCUT2D eigenvalue weighted by Crippen LogP contribution is -2.21. The van der Waals surface area contributed by atoms with Gasteiger partial charge in [-0.05, 0) is 6.07 Å². The van der Waals surface area contributed by atoms with Crippen LogP contribution < -0.4 is 0 Å². The molecule has 1 nitrogen and oxygen atoms in total. The molecule has 0 fully saturated rings. The summed E-state index contributed by atoms with van der Waals surface area (Å²) >= 11 is 0. The second-order valence-electron chi connectivity index (χ2n) is 4.25. The van der Waals surface area contributed by atoms with E-state index in [1.165, 1.54) is 0 Å². The van der Waals surface area contributed by atoms with Crippen LogP contribution in [0.5, 0.6) is 5.75 Å². The summed E-state index contributed by atoms with van der Waals surface area (Å²) < 4.78 is 0. The Morgan fingerprint density at radius 2 is 1.77 bits per heavy atom. The molecule has 0 aliphatic carbocycles. The van der Waals surface area contributed by atoms with Crippen LogP contribution in [-0.2, 0) is 0 Å². The zero-order valence-electron chi connectivity index (χ0n) is 8.46. The molecule has 1 aromatic carbocycles. The van der Waals surface area contributed by atoms with Gasteiger partial charge in [0.1, 0.15) is 5.75 Å². The van der Waals surface area contributed by atoms with E-state index in [0.717, 1.165) is 10.8 Å². The van der Waals surface area contributed by atoms with Gasteiger partial charge in [0.25, 0.3) is 0 Å². The molecule has 0 bridgehead atoms. The van der Waals surface area contributed by atoms with Crippen LogP contribution in [0, 0.1) is 0 Å². The summed E-state index contributed by atoms with van der Waals surface area (Å²) in [6, 6.07) is 7.40. The Kier molecular flexibility index (Phi) is 2.62. The average Bonchev–Trinajstić information content (AvgIpc) is 2.02. The van der Waals surface area contributed by atoms with Gasteiger partial charge in [-0.15, -0.1) is 0 Å². The van der Waals surface area contributed by atoms with Crippen molar-refractivity contribution in [2.45, 2.75) is 19.6 Å². The van der Waals surface area contributed by atoms with Crippen molar-refractivity contribution in [3.8, 4) is 5.75 Å². The summed E-state index contributed by atoms with van der Waals surface area (Å²) in [7, 11) is -1.39. The third kappa shape index (κ3) is 2.22. The van der Waals surface area contributed by atoms with Crippen molar-refractivity contribution in [2.75, 3.05) is 0 Å². The Hall–Kier alpha value is -1.02. The maximum Gasteiger partial charge on any atom is 0.122 e. The fraction of sp³-hybridized carbons (Fsp3) is 0.273. The van der Waals surface area contributed by atoms with Crippen molar-refractivity contribution in [1.29, 1.82) is 0 Å². The monoisotopic (exact) mass is 192 g/mol. The smallest absolute Gasteiger partial charge is 0.122 e. The van der Waals surface area contributed by atoms with E-state index in [0.29, 0.717) is 5.75 Å². The molecule has 2 heteroatoms. The first-order valence-electron chi connectivity index (χ1n) is 4.40. The SMILES string of the molecule is C=C(c1ccccc1O)[Si](C)(C)C. The van der Waals surface area contributed by atoms with Crippen LogP contribution in [0.25, 0.3) is 5.20 Å². The zero-order valence-corrected chi connectivity index (χ0v) is 9.46. The molecule has 0 unspecified atom stereocenters. The molecule has 13 heavy (non-hydrogen) atoms. The summed E-state index contributed by atoms with van der Waals surface area (Å²) in [5.41, 5.74) is 0.904. The normalized spacial score (nSPS) is 11.3. The number of aromatic hydroxyl groups is 1. The van der Waals surface area contributed by atoms with Crippen molar-refractivity contribution in [3.63, 3.8) is 0 Å². The maximum absolute atomic E-state index is 9.61. The quantitative estimate of drug-likeness (QED) is 0.713. The average molecular weight is 192 g/mol. The minimum Gasteiger partial charge on any atom is -0.507 e. The Labute approximate surface area is 80.7 Å². The van der Waals surface area contributed by atoms with Gasteiger partial charge in [0, 0.05) is 5.56 Å². The van der Waals surface area contributed by atoms with Crippen LogP contribution in [0.1, 0.15) is 5.56 Å². The van der Waals surface area contributed by atoms with Gasteiger partial charge in [-0.3, -0.25) is 0 Å². The largest absolute Gasteiger partial charge is 0.507 e. The highest BCUT2D eigenvalue weighted by Gasteiger charge is 2.20. The number of rotatable bonds is 2. The van der Waals surface area contributed by atoms with E-state index < -0.39 is 8.07 Å². The van der Waals surface area contributed by atoms with E-state index in [2.05, 4.69) is 26.2 Å². The van der Waals surface area contributed by atoms with Gasteiger partial charge in [-0.1, -0.05) is 49.6 Å². The maximum atomic E-state index is 9.61. The Balaban J connectivity index is 3.10. The minimum atomic E-state index is -1.39. The molecule has 0 saturated carbocycles. The summed E-state index contributed by atoms with van der Waals surface area (Å²) in [6.45, 7) is 10.7. The second-order valence-corrected chi connectivity index (χ2v) is 9.35. The van der Waals surface area contributed by atoms with Crippen molar-refractivity contribution >= 4 is 13.3 Å². The van der Waals surface area contributed by atoms with Crippen LogP contribution in [0.3, 0.4) is 0 Å². The van der Waals surface area contributed by atoms with E-state index in [4.69, 9.17) is 0 Å². The molecule has 0 radical (unpaired) electrons. The fourth-order valence-electron chi connectivity index (χ4n) is 1.13. The van der Waals surface area contributed by atoms with E-state index in [1.54, 1.807) is 6.07 Å². The molecule has 1 N–H and O–H groups in total. The molecule has 0 aliphatic heterocycles. The molecular formula is C11H16OSi. The number of hydrogen-bond donors (Lipinski definition) is 1. The lowest BCUT2D eigenvalue weighted by molar-refractivity contribution is 0.474. The van der Waals surface area contributed by atoms with Crippen LogP contribution in [0.15, 0.2) is 30.8 Å². The molecular weight excluding hydrogens is 176 g/mol. The predicted octanol–water partition coefficient (Wildman–Crippen LogP) is 3.28. The molecule has 0 saturated heterocycles. The number of para-hydroxylation sites is 1. The first-order valence-corrected chi connectivity index (χ1v) is 7.90. The third-order valence-electron chi connectivity index (χ3n) is 2.13. The van der Waals surface area contributed by atoms with Crippen molar-refractivity contribution in [3.05, 3.63) is 36.4 Å². The molecule has 0 aromatic heterocycles. The fourth-order valence-corrected chi connectivity index (χ4v) is 2.15. The Morgan fingerprint density at radius 1 is 1.23 bits per heavy atom. The molecule has 0 aliphatic rings. The summed E-state index contributed by atoms with van der Waals surface area (Å²) in [5.74, 6) is 0.343. The Morgan fingerprint density at radius 3 is 2.23 bits per heavy atom. The van der Waals surface area contributed by atoms with Crippen molar-refractivity contribution in [2.24, 2.45) is 0 Å². The third-order valence-corrected chi connectivity index (χ3v) is 4.21. The van der Waals surface area contributed by atoms with E-state index in [1.807, 2.05) is 18.2 Å². The van der Waals surface area contributed by atoms with Crippen LogP contribution in [-0.4, -0.2) is 13.2 Å². The molecule has 1 rings (SSSR count). The molecule has 0 amide bonds. The van der Waals surface area contributed by atoms with Crippen LogP contribution in [0.4, 0.5) is 0 Å². The molecule has 70 valence electrons. The van der Waals surface area contributed by atoms with Gasteiger partial charge in [-0.2, -0.15) is 0 Å². The van der Waals surface area contributed by atoms with Crippen molar-refractivity contribution < 1.29 is 5.11 Å². The number of benzene rings is 1. The van der Waals surface area contributed by atoms with Crippen molar-refractivity contribution in [1.82, 2.24) is 0 Å². The highest BCUT2D eigenvalue weighted by Crippen LogP contribution is 2.29. The van der Waals surface area contributed by atoms with E-state index >= 15 is 0 Å². The van der Waals surface area contributed by atoms with Gasteiger partial charge in [0.2, 0.25) is 0 Å². The molecule has 0 spiro atoms. The highest BCUT2D eigenvalue weighted by atomic mass is 28.3. The van der Waals surface area contributed by atoms with Gasteiger partial charge >= 0.3 is 0 Å². The van der Waals surface area contributed by atoms with Gasteiger partial charge in [0.15, 0.2) is 0 Å². The van der Waals surface area contributed by atoms with Crippen LogP contribution >= 0.6 is 0 Å². The number of phenolic OH excluding ortho intramolecular Hbond substituents is 1. The predicted molar refractivity (Wildman–Crippen MR) is 60.5 cm³/mol. The standard InChI is InChI=1S/C11H16OSi/c1-9(13(2,3)4)10-7-5-6-8-11(10)12/h5-8,12H,1H2,2-4H3. The number of phenols is 1. The van der Waals surface area contributed by atoms with Crippen LogP contribution in [0.2, 0.25) is 19.6 Å². The van der Waals surface area contributed by atoms with E-state index in [-0.39, 0.29) is 0 Å². The lowest BCUT2D eigenvalue weighted by Gasteiger charge is -2.20. The topological polar surface area (TPSA) is 20.2 Å². The molecule has 0 atom stereocenters. The van der Waals surface area contributed by atoms with Gasteiger partial charge in [0.05, 0.1) is 8.07 Å². The van der Waals surface area contributed by atoms with E-state index in [9.17, 15) is 5.11 Å². The Bertz CT molecular complexity index is 323. The highest BCUT2D eigenvalue weighted by molar-refractivity contribution is 6.93. The van der Waals surface area contributed by atoms with Gasteiger partial charge < -0.3 is 5.11 Å².